The van der Waals surface area contributed by atoms with E-state index in [1.807, 2.05) is 30.5 Å². The van der Waals surface area contributed by atoms with Gasteiger partial charge in [-0.2, -0.15) is 0 Å². The summed E-state index contributed by atoms with van der Waals surface area (Å²) in [4.78, 5) is 20.3. The first-order chi connectivity index (χ1) is 10.2. The molecule has 0 saturated carbocycles. The van der Waals surface area contributed by atoms with Crippen LogP contribution in [0.2, 0.25) is 0 Å². The topological polar surface area (TPSA) is 83.8 Å². The van der Waals surface area contributed by atoms with Gasteiger partial charge in [-0.15, -0.1) is 11.8 Å². The molecule has 0 aliphatic carbocycles. The number of aromatic amines is 1. The molecule has 4 N–H and O–H groups in total. The van der Waals surface area contributed by atoms with Crippen LogP contribution in [0.3, 0.4) is 0 Å². The summed E-state index contributed by atoms with van der Waals surface area (Å²) in [5, 5.41) is 3.64. The minimum absolute atomic E-state index is 0.212. The summed E-state index contributed by atoms with van der Waals surface area (Å²) in [7, 11) is 0. The Morgan fingerprint density at radius 2 is 2.05 bits per heavy atom. The van der Waals surface area contributed by atoms with Crippen LogP contribution in [-0.2, 0) is 0 Å². The number of thioether (sulfide) groups is 1. The van der Waals surface area contributed by atoms with Crippen LogP contribution in [0.5, 0.6) is 0 Å². The van der Waals surface area contributed by atoms with Crippen LogP contribution in [0.25, 0.3) is 10.9 Å². The molecule has 0 radical (unpaired) electrons. The first kappa shape index (κ1) is 13.5. The molecular formula is C15H14N4OS. The monoisotopic (exact) mass is 298 g/mol. The van der Waals surface area contributed by atoms with Gasteiger partial charge in [0.1, 0.15) is 0 Å². The largest absolute Gasteiger partial charge is 0.399 e. The van der Waals surface area contributed by atoms with Gasteiger partial charge >= 0.3 is 0 Å². The Labute approximate surface area is 125 Å². The number of nitrogens with one attached hydrogen (secondary N) is 2. The molecule has 0 aliphatic rings. The van der Waals surface area contributed by atoms with Gasteiger partial charge in [-0.05, 0) is 36.6 Å². The summed E-state index contributed by atoms with van der Waals surface area (Å²) in [6.07, 6.45) is 2.00. The third-order valence-electron chi connectivity index (χ3n) is 3.09. The van der Waals surface area contributed by atoms with E-state index in [-0.39, 0.29) is 5.56 Å². The van der Waals surface area contributed by atoms with Crippen molar-refractivity contribution in [1.29, 1.82) is 0 Å². The van der Waals surface area contributed by atoms with Crippen LogP contribution in [0.4, 0.5) is 17.3 Å². The standard InChI is InChI=1S/C15H14N4OS/c1-21-13-5-3-2-4-12(13)18-15-17-11-7-6-9(16)8-10(11)14(20)19-15/h2-8H,16H2,1H3,(H2,17,18,19,20). The lowest BCUT2D eigenvalue weighted by Gasteiger charge is -2.10. The molecule has 0 aliphatic heterocycles. The van der Waals surface area contributed by atoms with E-state index in [0.717, 1.165) is 10.6 Å². The maximum Gasteiger partial charge on any atom is 0.260 e. The second-order valence-electron chi connectivity index (χ2n) is 4.52. The summed E-state index contributed by atoms with van der Waals surface area (Å²) in [6, 6.07) is 12.9. The van der Waals surface area contributed by atoms with Gasteiger partial charge < -0.3 is 11.1 Å². The highest BCUT2D eigenvalue weighted by Crippen LogP contribution is 2.26. The average molecular weight is 298 g/mol. The van der Waals surface area contributed by atoms with Crippen molar-refractivity contribution in [3.05, 3.63) is 52.8 Å². The molecule has 0 bridgehead atoms. The molecule has 0 fully saturated rings. The summed E-state index contributed by atoms with van der Waals surface area (Å²) < 4.78 is 0. The minimum Gasteiger partial charge on any atom is -0.399 e. The van der Waals surface area contributed by atoms with Crippen molar-refractivity contribution in [2.24, 2.45) is 0 Å². The Morgan fingerprint density at radius 1 is 1.24 bits per heavy atom. The van der Waals surface area contributed by atoms with Crippen LogP contribution in [-0.4, -0.2) is 16.2 Å². The normalized spacial score (nSPS) is 10.7. The average Bonchev–Trinajstić information content (AvgIpc) is 2.49. The van der Waals surface area contributed by atoms with Crippen molar-refractivity contribution in [1.82, 2.24) is 9.97 Å². The number of hydrogen-bond donors (Lipinski definition) is 3. The Morgan fingerprint density at radius 3 is 2.86 bits per heavy atom. The number of anilines is 3. The number of benzene rings is 2. The van der Waals surface area contributed by atoms with Crippen LogP contribution in [0, 0.1) is 0 Å². The zero-order chi connectivity index (χ0) is 14.8. The summed E-state index contributed by atoms with van der Waals surface area (Å²) in [5.74, 6) is 0.416. The summed E-state index contributed by atoms with van der Waals surface area (Å²) in [6.45, 7) is 0. The lowest BCUT2D eigenvalue weighted by atomic mass is 10.2. The molecule has 0 amide bonds. The van der Waals surface area contributed by atoms with Crippen LogP contribution in [0.1, 0.15) is 0 Å². The number of aromatic nitrogens is 2. The predicted octanol–water partition coefficient (Wildman–Crippen LogP) is 2.97. The van der Waals surface area contributed by atoms with Gasteiger partial charge in [-0.1, -0.05) is 12.1 Å². The molecule has 6 heteroatoms. The van der Waals surface area contributed by atoms with Gasteiger partial charge in [-0.3, -0.25) is 9.78 Å². The van der Waals surface area contributed by atoms with Gasteiger partial charge in [0.15, 0.2) is 0 Å². The van der Waals surface area contributed by atoms with E-state index in [2.05, 4.69) is 15.3 Å². The minimum atomic E-state index is -0.212. The van der Waals surface area contributed by atoms with Gasteiger partial charge in [-0.25, -0.2) is 4.98 Å². The van der Waals surface area contributed by atoms with Gasteiger partial charge in [0.25, 0.3) is 5.56 Å². The number of nitrogens with two attached hydrogens (primary N) is 1. The molecule has 3 rings (SSSR count). The fraction of sp³-hybridized carbons (Fsp3) is 0.0667. The lowest BCUT2D eigenvalue weighted by molar-refractivity contribution is 1.16. The molecule has 5 nitrogen and oxygen atoms in total. The van der Waals surface area contributed by atoms with Crippen LogP contribution in [0.15, 0.2) is 52.2 Å². The molecule has 2 aromatic carbocycles. The number of nitrogens with zero attached hydrogens (tertiary/aromatic N) is 1. The molecule has 3 aromatic rings. The zero-order valence-corrected chi connectivity index (χ0v) is 12.2. The molecule has 0 unspecified atom stereocenters. The van der Waals surface area contributed by atoms with Crippen molar-refractivity contribution in [2.75, 3.05) is 17.3 Å². The van der Waals surface area contributed by atoms with Gasteiger partial charge in [0, 0.05) is 10.6 Å². The fourth-order valence-electron chi connectivity index (χ4n) is 2.09. The highest BCUT2D eigenvalue weighted by molar-refractivity contribution is 7.98. The predicted molar refractivity (Wildman–Crippen MR) is 88.3 cm³/mol. The molecule has 0 spiro atoms. The Bertz CT molecular complexity index is 860. The first-order valence-electron chi connectivity index (χ1n) is 6.37. The van der Waals surface area contributed by atoms with Gasteiger partial charge in [0.05, 0.1) is 16.6 Å². The van der Waals surface area contributed by atoms with E-state index in [9.17, 15) is 4.79 Å². The molecule has 0 atom stereocenters. The third-order valence-corrected chi connectivity index (χ3v) is 3.89. The lowest BCUT2D eigenvalue weighted by Crippen LogP contribution is -2.11. The molecule has 106 valence electrons. The maximum atomic E-state index is 12.1. The van der Waals surface area contributed by atoms with Crippen LogP contribution >= 0.6 is 11.8 Å². The van der Waals surface area contributed by atoms with Gasteiger partial charge in [0.2, 0.25) is 5.95 Å². The van der Waals surface area contributed by atoms with Crippen molar-refractivity contribution in [3.63, 3.8) is 0 Å². The Balaban J connectivity index is 2.05. The molecular weight excluding hydrogens is 284 g/mol. The molecule has 0 saturated heterocycles. The van der Waals surface area contributed by atoms with Crippen molar-refractivity contribution in [3.8, 4) is 0 Å². The van der Waals surface area contributed by atoms with Crippen molar-refractivity contribution < 1.29 is 0 Å². The number of H-pyrrole nitrogens is 1. The highest BCUT2D eigenvalue weighted by Gasteiger charge is 2.06. The number of nitrogen functional groups attached to an aromatic ring is 1. The smallest absolute Gasteiger partial charge is 0.260 e. The van der Waals surface area contributed by atoms with E-state index >= 15 is 0 Å². The Hall–Kier alpha value is -2.47. The molecule has 21 heavy (non-hydrogen) atoms. The molecule has 1 heterocycles. The number of para-hydroxylation sites is 1. The summed E-state index contributed by atoms with van der Waals surface area (Å²) >= 11 is 1.63. The molecule has 1 aromatic heterocycles. The fourth-order valence-corrected chi connectivity index (χ4v) is 2.64. The van der Waals surface area contributed by atoms with E-state index in [0.29, 0.717) is 22.5 Å². The highest BCUT2D eigenvalue weighted by atomic mass is 32.2. The van der Waals surface area contributed by atoms with E-state index < -0.39 is 0 Å². The number of hydrogen-bond acceptors (Lipinski definition) is 5. The van der Waals surface area contributed by atoms with E-state index in [4.69, 9.17) is 5.73 Å². The SMILES string of the molecule is CSc1ccccc1Nc1nc2ccc(N)cc2c(=O)[nH]1. The van der Waals surface area contributed by atoms with Crippen molar-refractivity contribution >= 4 is 40.0 Å². The second-order valence-corrected chi connectivity index (χ2v) is 5.36. The van der Waals surface area contributed by atoms with E-state index in [1.165, 1.54) is 0 Å². The zero-order valence-electron chi connectivity index (χ0n) is 11.4. The van der Waals surface area contributed by atoms with Crippen molar-refractivity contribution in [2.45, 2.75) is 4.90 Å². The second kappa shape index (κ2) is 5.49. The first-order valence-corrected chi connectivity index (χ1v) is 7.59. The summed E-state index contributed by atoms with van der Waals surface area (Å²) in [5.41, 5.74) is 7.54. The quantitative estimate of drug-likeness (QED) is 0.511. The number of fused-ring (bicyclic) bond motifs is 1. The maximum absolute atomic E-state index is 12.1. The van der Waals surface area contributed by atoms with Crippen LogP contribution < -0.4 is 16.6 Å². The number of rotatable bonds is 3. The third kappa shape index (κ3) is 2.71. The van der Waals surface area contributed by atoms with E-state index in [1.54, 1.807) is 30.0 Å². The Kier molecular flexibility index (Phi) is 3.53.